The second kappa shape index (κ2) is 7.22. The van der Waals surface area contributed by atoms with Gasteiger partial charge < -0.3 is 14.7 Å². The molecule has 1 N–H and O–H groups in total. The van der Waals surface area contributed by atoms with Crippen molar-refractivity contribution in [1.82, 2.24) is 4.90 Å². The predicted octanol–water partition coefficient (Wildman–Crippen LogP) is -0.0587. The van der Waals surface area contributed by atoms with Gasteiger partial charge in [-0.25, -0.2) is 9.28 Å². The number of likely N-dealkylation sites (N-methyl/N-ethyl adjacent to an activating group) is 1. The van der Waals surface area contributed by atoms with E-state index in [1.165, 1.54) is 11.8 Å². The Bertz CT molecular complexity index is 497. The monoisotopic (exact) mass is 312 g/mol. The molecule has 0 saturated carbocycles. The Balaban J connectivity index is 2.76. The number of esters is 1. The van der Waals surface area contributed by atoms with Gasteiger partial charge in [0.1, 0.15) is 12.6 Å². The van der Waals surface area contributed by atoms with Crippen molar-refractivity contribution < 1.29 is 28.7 Å². The highest BCUT2D eigenvalue weighted by molar-refractivity contribution is 5.84. The van der Waals surface area contributed by atoms with E-state index < -0.39 is 24.1 Å². The Kier molecular flexibility index (Phi) is 5.88. The zero-order valence-electron chi connectivity index (χ0n) is 13.1. The largest absolute Gasteiger partial charge is 0.481 e. The molecule has 0 bridgehead atoms. The van der Waals surface area contributed by atoms with E-state index in [0.717, 1.165) is 0 Å². The van der Waals surface area contributed by atoms with Crippen molar-refractivity contribution in [2.75, 3.05) is 27.2 Å². The summed E-state index contributed by atoms with van der Waals surface area (Å²) in [6.45, 7) is 1.95. The summed E-state index contributed by atoms with van der Waals surface area (Å²) in [6.07, 6.45) is 1.94. The van der Waals surface area contributed by atoms with Crippen LogP contribution in [-0.2, 0) is 19.1 Å². The topological polar surface area (TPSA) is 108 Å². The number of carboxylic acids is 1. The smallest absolute Gasteiger partial charge is 0.329 e. The molecule has 122 valence electrons. The molecule has 0 radical (unpaired) electrons. The molecule has 8 nitrogen and oxygen atoms in total. The molecule has 1 aliphatic rings. The zero-order valence-corrected chi connectivity index (χ0v) is 13.1. The van der Waals surface area contributed by atoms with Gasteiger partial charge >= 0.3 is 18.1 Å². The van der Waals surface area contributed by atoms with E-state index in [9.17, 15) is 14.4 Å². The molecule has 0 aliphatic carbocycles. The van der Waals surface area contributed by atoms with Crippen LogP contribution in [0, 0.1) is 11.5 Å². The van der Waals surface area contributed by atoms with Crippen molar-refractivity contribution in [3.8, 4) is 6.19 Å². The number of rotatable bonds is 6. The lowest BCUT2D eigenvalue weighted by atomic mass is 10.2. The van der Waals surface area contributed by atoms with E-state index in [1.54, 1.807) is 14.1 Å². The molecule has 0 aromatic heterocycles. The molecule has 0 aromatic carbocycles. The van der Waals surface area contributed by atoms with Crippen molar-refractivity contribution in [2.24, 2.45) is 0 Å². The van der Waals surface area contributed by atoms with Gasteiger partial charge in [0, 0.05) is 13.5 Å². The number of carboxylic acid groups (broad SMARTS) is 1. The van der Waals surface area contributed by atoms with Gasteiger partial charge in [0.15, 0.2) is 6.10 Å². The van der Waals surface area contributed by atoms with Crippen LogP contribution in [-0.4, -0.2) is 71.7 Å². The lowest BCUT2D eigenvalue weighted by Gasteiger charge is -2.27. The SMILES string of the molecule is CC(=O)N1CCC[C@H]1C(=O)OC(CC(=O)O)C[N+](C)(C)C#N. The third kappa shape index (κ3) is 5.00. The van der Waals surface area contributed by atoms with Gasteiger partial charge in [0.25, 0.3) is 0 Å². The van der Waals surface area contributed by atoms with Crippen molar-refractivity contribution in [3.05, 3.63) is 0 Å². The highest BCUT2D eigenvalue weighted by atomic mass is 16.5. The first-order valence-corrected chi connectivity index (χ1v) is 7.10. The van der Waals surface area contributed by atoms with Crippen LogP contribution >= 0.6 is 0 Å². The fourth-order valence-electron chi connectivity index (χ4n) is 2.52. The number of hydrogen-bond donors (Lipinski definition) is 1. The van der Waals surface area contributed by atoms with Crippen molar-refractivity contribution in [3.63, 3.8) is 0 Å². The van der Waals surface area contributed by atoms with Gasteiger partial charge in [-0.05, 0) is 12.8 Å². The van der Waals surface area contributed by atoms with Gasteiger partial charge in [-0.2, -0.15) is 0 Å². The van der Waals surface area contributed by atoms with Crippen molar-refractivity contribution in [2.45, 2.75) is 38.3 Å². The Hall–Kier alpha value is -2.14. The number of quaternary nitrogens is 1. The molecule has 1 aliphatic heterocycles. The molecule has 1 saturated heterocycles. The average molecular weight is 312 g/mol. The Labute approximate surface area is 129 Å². The van der Waals surface area contributed by atoms with Gasteiger partial charge in [-0.15, -0.1) is 5.26 Å². The minimum atomic E-state index is -1.11. The fraction of sp³-hybridized carbons (Fsp3) is 0.714. The van der Waals surface area contributed by atoms with Gasteiger partial charge in [0.2, 0.25) is 5.91 Å². The number of ether oxygens (including phenoxy) is 1. The predicted molar refractivity (Wildman–Crippen MR) is 75.1 cm³/mol. The molecule has 1 heterocycles. The summed E-state index contributed by atoms with van der Waals surface area (Å²) in [4.78, 5) is 36.1. The van der Waals surface area contributed by atoms with Crippen LogP contribution in [0.25, 0.3) is 0 Å². The third-order valence-electron chi connectivity index (χ3n) is 3.55. The number of aliphatic carboxylic acids is 1. The number of likely N-dealkylation sites (tertiary alicyclic amines) is 1. The normalized spacial score (nSPS) is 19.4. The van der Waals surface area contributed by atoms with Gasteiger partial charge in [0.05, 0.1) is 20.5 Å². The van der Waals surface area contributed by atoms with Gasteiger partial charge in [-0.3, -0.25) is 9.59 Å². The van der Waals surface area contributed by atoms with Crippen molar-refractivity contribution >= 4 is 17.8 Å². The van der Waals surface area contributed by atoms with E-state index in [0.29, 0.717) is 19.4 Å². The Morgan fingerprint density at radius 2 is 2.09 bits per heavy atom. The number of hydrogen-bond acceptors (Lipinski definition) is 5. The maximum absolute atomic E-state index is 12.2. The molecule has 1 rings (SSSR count). The van der Waals surface area contributed by atoms with E-state index >= 15 is 0 Å². The van der Waals surface area contributed by atoms with E-state index in [4.69, 9.17) is 15.1 Å². The van der Waals surface area contributed by atoms with Gasteiger partial charge in [-0.1, -0.05) is 0 Å². The minimum absolute atomic E-state index is 0.0708. The summed E-state index contributed by atoms with van der Waals surface area (Å²) in [5.74, 6) is -1.91. The maximum atomic E-state index is 12.2. The average Bonchev–Trinajstić information content (AvgIpc) is 2.86. The number of amides is 1. The summed E-state index contributed by atoms with van der Waals surface area (Å²) >= 11 is 0. The van der Waals surface area contributed by atoms with E-state index in [-0.39, 0.29) is 23.4 Å². The van der Waals surface area contributed by atoms with Crippen molar-refractivity contribution in [1.29, 1.82) is 5.26 Å². The maximum Gasteiger partial charge on any atom is 0.329 e. The quantitative estimate of drug-likeness (QED) is 0.418. The summed E-state index contributed by atoms with van der Waals surface area (Å²) in [6, 6.07) is -0.661. The van der Waals surface area contributed by atoms with E-state index in [1.807, 2.05) is 6.19 Å². The lowest BCUT2D eigenvalue weighted by Crippen LogP contribution is -2.46. The molecule has 2 atom stereocenters. The number of carbonyl (C=O) groups excluding carboxylic acids is 2. The molecule has 22 heavy (non-hydrogen) atoms. The highest BCUT2D eigenvalue weighted by Gasteiger charge is 2.36. The molecule has 0 aromatic rings. The third-order valence-corrected chi connectivity index (χ3v) is 3.55. The second-order valence-corrected chi connectivity index (χ2v) is 5.99. The minimum Gasteiger partial charge on any atom is -0.481 e. The molecule has 0 spiro atoms. The fourth-order valence-corrected chi connectivity index (χ4v) is 2.52. The summed E-state index contributed by atoms with van der Waals surface area (Å²) in [5, 5.41) is 17.9. The molecule has 1 amide bonds. The second-order valence-electron chi connectivity index (χ2n) is 5.99. The Morgan fingerprint density at radius 1 is 1.45 bits per heavy atom. The summed E-state index contributed by atoms with van der Waals surface area (Å²) < 4.78 is 5.15. The summed E-state index contributed by atoms with van der Waals surface area (Å²) in [5.41, 5.74) is 0. The molecular formula is C14H22N3O5+. The zero-order chi connectivity index (χ0) is 16.9. The number of nitrogens with zero attached hydrogens (tertiary/aromatic N) is 3. The van der Waals surface area contributed by atoms with Crippen LogP contribution in [0.15, 0.2) is 0 Å². The van der Waals surface area contributed by atoms with Crippen LogP contribution in [0.1, 0.15) is 26.2 Å². The number of nitriles is 1. The highest BCUT2D eigenvalue weighted by Crippen LogP contribution is 2.20. The molecule has 1 unspecified atom stereocenters. The number of carbonyl (C=O) groups is 3. The van der Waals surface area contributed by atoms with Crippen LogP contribution in [0.4, 0.5) is 0 Å². The molecule has 1 fully saturated rings. The Morgan fingerprint density at radius 3 is 2.59 bits per heavy atom. The van der Waals surface area contributed by atoms with Crippen LogP contribution in [0.5, 0.6) is 0 Å². The standard InChI is InChI=1S/C14H21N3O5/c1-10(18)16-6-4-5-12(16)14(21)22-11(7-13(19)20)8-17(2,3)9-15/h11-12H,4-8H2,1-3H3/p+1/t11?,12-/m0/s1. The molecular weight excluding hydrogens is 290 g/mol. The first kappa shape index (κ1) is 17.9. The first-order valence-electron chi connectivity index (χ1n) is 7.10. The first-order chi connectivity index (χ1) is 10.2. The summed E-state index contributed by atoms with van der Waals surface area (Å²) in [7, 11) is 3.19. The molecule has 8 heteroatoms. The van der Waals surface area contributed by atoms with Crippen LogP contribution in [0.3, 0.4) is 0 Å². The van der Waals surface area contributed by atoms with Crippen LogP contribution in [0.2, 0.25) is 0 Å². The van der Waals surface area contributed by atoms with Crippen LogP contribution < -0.4 is 0 Å². The van der Waals surface area contributed by atoms with E-state index in [2.05, 4.69) is 0 Å². The lowest BCUT2D eigenvalue weighted by molar-refractivity contribution is -0.827.